The maximum atomic E-state index is 12.2. The van der Waals surface area contributed by atoms with Gasteiger partial charge in [-0.25, -0.2) is 4.79 Å². The van der Waals surface area contributed by atoms with Gasteiger partial charge < -0.3 is 21.1 Å². The third-order valence-corrected chi connectivity index (χ3v) is 4.09. The summed E-state index contributed by atoms with van der Waals surface area (Å²) in [7, 11) is 0. The molecule has 0 radical (unpaired) electrons. The number of aromatic hydroxyl groups is 1. The fraction of sp³-hybridized carbons (Fsp3) is 0.333. The Balaban J connectivity index is 1.96. The molecule has 0 aliphatic carbocycles. The van der Waals surface area contributed by atoms with Crippen molar-refractivity contribution in [3.05, 3.63) is 58.6 Å². The van der Waals surface area contributed by atoms with Gasteiger partial charge in [-0.2, -0.15) is 0 Å². The van der Waals surface area contributed by atoms with Crippen LogP contribution in [0.3, 0.4) is 0 Å². The predicted molar refractivity (Wildman–Crippen MR) is 112 cm³/mol. The Morgan fingerprint density at radius 2 is 1.75 bits per heavy atom. The van der Waals surface area contributed by atoms with E-state index in [0.717, 1.165) is 12.0 Å². The smallest absolute Gasteiger partial charge is 0.319 e. The molecule has 150 valence electrons. The first-order chi connectivity index (χ1) is 13.1. The molecule has 2 aromatic rings. The summed E-state index contributed by atoms with van der Waals surface area (Å²) in [6.07, 6.45) is 0.826. The van der Waals surface area contributed by atoms with Crippen LogP contribution in [0.1, 0.15) is 31.9 Å². The van der Waals surface area contributed by atoms with Crippen molar-refractivity contribution in [3.63, 3.8) is 0 Å². The van der Waals surface area contributed by atoms with Crippen LogP contribution in [-0.2, 0) is 17.6 Å². The molecule has 0 aliphatic rings. The van der Waals surface area contributed by atoms with Crippen LogP contribution >= 0.6 is 11.6 Å². The number of halogens is 1. The molecule has 0 spiro atoms. The van der Waals surface area contributed by atoms with Crippen molar-refractivity contribution in [2.45, 2.75) is 39.2 Å². The van der Waals surface area contributed by atoms with Gasteiger partial charge in [0.25, 0.3) is 0 Å². The van der Waals surface area contributed by atoms with Crippen LogP contribution in [0, 0.1) is 0 Å². The van der Waals surface area contributed by atoms with Gasteiger partial charge in [-0.05, 0) is 50.5 Å². The molecular weight excluding hydrogens is 378 g/mol. The number of urea groups is 1. The Hall–Kier alpha value is -2.73. The van der Waals surface area contributed by atoms with E-state index in [1.54, 1.807) is 6.07 Å². The number of carbonyl (C=O) groups is 2. The Morgan fingerprint density at radius 3 is 2.39 bits per heavy atom. The summed E-state index contributed by atoms with van der Waals surface area (Å²) < 4.78 is 0. The highest BCUT2D eigenvalue weighted by molar-refractivity contribution is 6.32. The molecule has 0 saturated carbocycles. The van der Waals surface area contributed by atoms with E-state index in [0.29, 0.717) is 12.1 Å². The van der Waals surface area contributed by atoms with E-state index in [2.05, 4.69) is 16.0 Å². The molecule has 0 unspecified atom stereocenters. The van der Waals surface area contributed by atoms with Gasteiger partial charge in [-0.15, -0.1) is 0 Å². The maximum Gasteiger partial charge on any atom is 0.319 e. The Morgan fingerprint density at radius 1 is 1.07 bits per heavy atom. The average Bonchev–Trinajstić information content (AvgIpc) is 2.58. The fourth-order valence-electron chi connectivity index (χ4n) is 2.59. The van der Waals surface area contributed by atoms with E-state index in [-0.39, 0.29) is 28.8 Å². The van der Waals surface area contributed by atoms with Crippen LogP contribution in [-0.4, -0.2) is 29.1 Å². The zero-order valence-corrected chi connectivity index (χ0v) is 17.1. The number of anilines is 1. The lowest BCUT2D eigenvalue weighted by Gasteiger charge is -2.21. The third-order valence-electron chi connectivity index (χ3n) is 3.80. The first-order valence-corrected chi connectivity index (χ1v) is 9.43. The second-order valence-corrected chi connectivity index (χ2v) is 7.97. The summed E-state index contributed by atoms with van der Waals surface area (Å²) in [5, 5.41) is 18.3. The van der Waals surface area contributed by atoms with Gasteiger partial charge in [0.2, 0.25) is 5.91 Å². The minimum atomic E-state index is -0.469. The third kappa shape index (κ3) is 7.12. The molecule has 0 bridgehead atoms. The molecule has 6 nitrogen and oxygen atoms in total. The lowest BCUT2D eigenvalue weighted by Crippen LogP contribution is -2.43. The molecule has 0 fully saturated rings. The number of phenolic OH excluding ortho intramolecular Hbond substituents is 1. The van der Waals surface area contributed by atoms with Crippen molar-refractivity contribution in [2.75, 3.05) is 11.9 Å². The Bertz CT molecular complexity index is 833. The number of hydrogen-bond donors (Lipinski definition) is 4. The second-order valence-electron chi connectivity index (χ2n) is 7.57. The van der Waals surface area contributed by atoms with E-state index in [9.17, 15) is 14.7 Å². The zero-order chi connectivity index (χ0) is 20.7. The number of amides is 3. The summed E-state index contributed by atoms with van der Waals surface area (Å²) >= 11 is 6.05. The highest BCUT2D eigenvalue weighted by Crippen LogP contribution is 2.33. The highest BCUT2D eigenvalue weighted by atomic mass is 35.5. The normalized spacial score (nSPS) is 11.0. The van der Waals surface area contributed by atoms with Crippen molar-refractivity contribution in [1.82, 2.24) is 10.6 Å². The first-order valence-electron chi connectivity index (χ1n) is 9.05. The largest absolute Gasteiger partial charge is 0.504 e. The van der Waals surface area contributed by atoms with Gasteiger partial charge in [0, 0.05) is 12.1 Å². The van der Waals surface area contributed by atoms with Gasteiger partial charge in [-0.3, -0.25) is 4.79 Å². The SMILES string of the molecule is CC(C)(C)NC(=O)Nc1cc(CC(=O)NCCc2ccccc2)cc(Cl)c1O. The number of phenols is 1. The van der Waals surface area contributed by atoms with E-state index < -0.39 is 11.6 Å². The summed E-state index contributed by atoms with van der Waals surface area (Å²) in [5.74, 6) is -0.401. The van der Waals surface area contributed by atoms with Crippen LogP contribution in [0.5, 0.6) is 5.75 Å². The van der Waals surface area contributed by atoms with E-state index in [1.165, 1.54) is 6.07 Å². The standard InChI is InChI=1S/C21H26ClN3O3/c1-21(2,3)25-20(28)24-17-12-15(11-16(22)19(17)27)13-18(26)23-10-9-14-7-5-4-6-8-14/h4-8,11-12,27H,9-10,13H2,1-3H3,(H,23,26)(H2,24,25,28). The van der Waals surface area contributed by atoms with Crippen LogP contribution in [0.15, 0.2) is 42.5 Å². The van der Waals surface area contributed by atoms with Gasteiger partial charge >= 0.3 is 6.03 Å². The van der Waals surface area contributed by atoms with Gasteiger partial charge in [0.15, 0.2) is 5.75 Å². The lowest BCUT2D eigenvalue weighted by molar-refractivity contribution is -0.120. The molecule has 0 atom stereocenters. The maximum absolute atomic E-state index is 12.2. The summed E-state index contributed by atoms with van der Waals surface area (Å²) in [4.78, 5) is 24.2. The van der Waals surface area contributed by atoms with Crippen LogP contribution in [0.4, 0.5) is 10.5 Å². The predicted octanol–water partition coefficient (Wildman–Crippen LogP) is 3.87. The van der Waals surface area contributed by atoms with Crippen LogP contribution in [0.2, 0.25) is 5.02 Å². The van der Waals surface area contributed by atoms with Crippen molar-refractivity contribution < 1.29 is 14.7 Å². The van der Waals surface area contributed by atoms with Crippen molar-refractivity contribution in [3.8, 4) is 5.75 Å². The van der Waals surface area contributed by atoms with Crippen LogP contribution < -0.4 is 16.0 Å². The van der Waals surface area contributed by atoms with E-state index >= 15 is 0 Å². The second kappa shape index (κ2) is 9.46. The molecule has 3 amide bonds. The quantitative estimate of drug-likeness (QED) is 0.552. The molecule has 2 rings (SSSR count). The van der Waals surface area contributed by atoms with Gasteiger partial charge in [0.1, 0.15) is 0 Å². The van der Waals surface area contributed by atoms with Crippen molar-refractivity contribution in [1.29, 1.82) is 0 Å². The first kappa shape index (κ1) is 21.6. The summed E-state index contributed by atoms with van der Waals surface area (Å²) in [6.45, 7) is 6.05. The molecule has 2 aromatic carbocycles. The minimum Gasteiger partial charge on any atom is -0.504 e. The molecule has 7 heteroatoms. The molecule has 0 heterocycles. The number of rotatable bonds is 6. The minimum absolute atomic E-state index is 0.0700. The van der Waals surface area contributed by atoms with Crippen molar-refractivity contribution in [2.24, 2.45) is 0 Å². The summed E-state index contributed by atoms with van der Waals surface area (Å²) in [6, 6.07) is 12.5. The number of nitrogens with one attached hydrogen (secondary N) is 3. The Kier molecular flexibility index (Phi) is 7.29. The molecule has 0 saturated heterocycles. The Labute approximate surface area is 170 Å². The number of hydrogen-bond acceptors (Lipinski definition) is 3. The molecule has 4 N–H and O–H groups in total. The number of carbonyl (C=O) groups excluding carboxylic acids is 2. The molecule has 28 heavy (non-hydrogen) atoms. The topological polar surface area (TPSA) is 90.5 Å². The van der Waals surface area contributed by atoms with Gasteiger partial charge in [-0.1, -0.05) is 41.9 Å². The highest BCUT2D eigenvalue weighted by Gasteiger charge is 2.17. The van der Waals surface area contributed by atoms with Crippen LogP contribution in [0.25, 0.3) is 0 Å². The molecular formula is C21H26ClN3O3. The fourth-order valence-corrected chi connectivity index (χ4v) is 2.83. The van der Waals surface area contributed by atoms with Gasteiger partial charge in [0.05, 0.1) is 17.1 Å². The molecule has 0 aliphatic heterocycles. The average molecular weight is 404 g/mol. The monoisotopic (exact) mass is 403 g/mol. The lowest BCUT2D eigenvalue weighted by atomic mass is 10.1. The summed E-state index contributed by atoms with van der Waals surface area (Å²) in [5.41, 5.74) is 1.46. The number of benzene rings is 2. The molecule has 0 aromatic heterocycles. The van der Waals surface area contributed by atoms with E-state index in [1.807, 2.05) is 51.1 Å². The van der Waals surface area contributed by atoms with Crippen molar-refractivity contribution >= 4 is 29.2 Å². The van der Waals surface area contributed by atoms with E-state index in [4.69, 9.17) is 11.6 Å². The zero-order valence-electron chi connectivity index (χ0n) is 16.3.